The van der Waals surface area contributed by atoms with Gasteiger partial charge in [-0.25, -0.2) is 13.8 Å². The van der Waals surface area contributed by atoms with Crippen molar-refractivity contribution in [1.29, 1.82) is 0 Å². The number of halogens is 2. The second-order valence-corrected chi connectivity index (χ2v) is 9.85. The highest BCUT2D eigenvalue weighted by molar-refractivity contribution is 5.62. The lowest BCUT2D eigenvalue weighted by Gasteiger charge is -2.37. The van der Waals surface area contributed by atoms with Gasteiger partial charge in [0.05, 0.1) is 23.1 Å². The molecule has 1 aromatic carbocycles. The van der Waals surface area contributed by atoms with Crippen molar-refractivity contribution >= 4 is 0 Å². The predicted molar refractivity (Wildman–Crippen MR) is 119 cm³/mol. The van der Waals surface area contributed by atoms with Gasteiger partial charge in [-0.1, -0.05) is 46.6 Å². The molecular formula is C26H27F2N3O. The maximum absolute atomic E-state index is 14.5. The minimum Gasteiger partial charge on any atom is -0.443 e. The first-order chi connectivity index (χ1) is 15.1. The Bertz CT molecular complexity index is 1180. The van der Waals surface area contributed by atoms with E-state index in [9.17, 15) is 8.78 Å². The number of hydrogen-bond acceptors (Lipinski definition) is 4. The minimum atomic E-state index is -0.934. The Morgan fingerprint density at radius 2 is 1.88 bits per heavy atom. The summed E-state index contributed by atoms with van der Waals surface area (Å²) in [6, 6.07) is 5.50. The largest absolute Gasteiger partial charge is 0.443 e. The summed E-state index contributed by atoms with van der Waals surface area (Å²) in [5.74, 6) is 3.11. The van der Waals surface area contributed by atoms with Crippen molar-refractivity contribution < 1.29 is 13.2 Å². The Morgan fingerprint density at radius 1 is 1.19 bits per heavy atom. The predicted octanol–water partition coefficient (Wildman–Crippen LogP) is 6.16. The molecule has 32 heavy (non-hydrogen) atoms. The van der Waals surface area contributed by atoms with E-state index in [1.54, 1.807) is 12.3 Å². The van der Waals surface area contributed by atoms with Crippen LogP contribution in [0.15, 0.2) is 34.9 Å². The highest BCUT2D eigenvalue weighted by Gasteiger charge is 2.46. The Labute approximate surface area is 187 Å². The average molecular weight is 436 g/mol. The highest BCUT2D eigenvalue weighted by atomic mass is 19.1. The summed E-state index contributed by atoms with van der Waals surface area (Å²) in [6.45, 7) is 10.3. The van der Waals surface area contributed by atoms with E-state index in [4.69, 9.17) is 10.8 Å². The van der Waals surface area contributed by atoms with E-state index in [0.717, 1.165) is 12.0 Å². The van der Waals surface area contributed by atoms with Gasteiger partial charge >= 0.3 is 0 Å². The molecule has 0 N–H and O–H groups in total. The number of hydrogen-bond donors (Lipinski definition) is 0. The molecule has 6 heteroatoms. The molecule has 4 nitrogen and oxygen atoms in total. The van der Waals surface area contributed by atoms with E-state index in [1.807, 2.05) is 20.8 Å². The van der Waals surface area contributed by atoms with Crippen LogP contribution in [0.5, 0.6) is 0 Å². The fraction of sp³-hybridized carbons (Fsp3) is 0.423. The minimum absolute atomic E-state index is 0.126. The fourth-order valence-electron chi connectivity index (χ4n) is 4.49. The fourth-order valence-corrected chi connectivity index (χ4v) is 4.49. The Hall–Kier alpha value is -3.07. The van der Waals surface area contributed by atoms with Crippen molar-refractivity contribution in [3.63, 3.8) is 0 Å². The van der Waals surface area contributed by atoms with Crippen LogP contribution in [-0.4, -0.2) is 15.2 Å². The van der Waals surface area contributed by atoms with Crippen molar-refractivity contribution in [2.45, 2.75) is 64.2 Å². The van der Waals surface area contributed by atoms with E-state index in [0.29, 0.717) is 23.8 Å². The van der Waals surface area contributed by atoms with Crippen LogP contribution in [0.3, 0.4) is 0 Å². The number of oxazole rings is 1. The number of aromatic nitrogens is 3. The molecule has 0 aliphatic heterocycles. The smallest absolute Gasteiger partial charge is 0.199 e. The molecule has 166 valence electrons. The number of nitrogens with zero attached hydrogens (tertiary/aromatic N) is 3. The van der Waals surface area contributed by atoms with Crippen molar-refractivity contribution in [1.82, 2.24) is 15.2 Å². The molecule has 0 spiro atoms. The summed E-state index contributed by atoms with van der Waals surface area (Å²) >= 11 is 0. The molecule has 0 amide bonds. The zero-order valence-corrected chi connectivity index (χ0v) is 19.0. The molecule has 0 saturated carbocycles. The van der Waals surface area contributed by atoms with E-state index in [-0.39, 0.29) is 28.5 Å². The third kappa shape index (κ3) is 3.50. The topological polar surface area (TPSA) is 51.8 Å². The van der Waals surface area contributed by atoms with Crippen LogP contribution in [0.4, 0.5) is 8.78 Å². The van der Waals surface area contributed by atoms with Crippen LogP contribution in [0, 0.1) is 29.9 Å². The number of terminal acetylenes is 1. The molecule has 0 saturated heterocycles. The zero-order chi connectivity index (χ0) is 23.3. The first-order valence-electron chi connectivity index (χ1n) is 10.9. The molecule has 3 aromatic rings. The van der Waals surface area contributed by atoms with Crippen LogP contribution in [0.1, 0.15) is 76.3 Å². The lowest BCUT2D eigenvalue weighted by molar-refractivity contribution is 0.312. The molecule has 0 unspecified atom stereocenters. The molecule has 2 aromatic heterocycles. The molecule has 1 aliphatic carbocycles. The van der Waals surface area contributed by atoms with Crippen molar-refractivity contribution in [3.8, 4) is 23.6 Å². The quantitative estimate of drug-likeness (QED) is 0.462. The van der Waals surface area contributed by atoms with E-state index in [2.05, 4.69) is 34.9 Å². The van der Waals surface area contributed by atoms with Crippen LogP contribution in [0.25, 0.3) is 11.3 Å². The summed E-state index contributed by atoms with van der Waals surface area (Å²) in [5, 5.41) is 8.68. The van der Waals surface area contributed by atoms with Gasteiger partial charge < -0.3 is 4.42 Å². The van der Waals surface area contributed by atoms with Crippen LogP contribution >= 0.6 is 0 Å². The monoisotopic (exact) mass is 435 g/mol. The van der Waals surface area contributed by atoms with Crippen molar-refractivity contribution in [2.75, 3.05) is 0 Å². The number of rotatable bonds is 3. The zero-order valence-electron chi connectivity index (χ0n) is 19.0. The van der Waals surface area contributed by atoms with Gasteiger partial charge in [0.25, 0.3) is 0 Å². The molecule has 4 rings (SSSR count). The standard InChI is InChI=1S/C26H27F2N3O/c1-7-26(21-14-29-24(32-21)25(4,5)6)12-11-16(15(2)3)17-13-20(30-31-23(17)26)22-18(27)9-8-10-19(22)28/h1,8-10,13-16H,11-12H2,2-6H3/t16-,26-/m1/s1. The van der Waals surface area contributed by atoms with Crippen molar-refractivity contribution in [2.24, 2.45) is 5.92 Å². The third-order valence-electron chi connectivity index (χ3n) is 6.30. The van der Waals surface area contributed by atoms with E-state index < -0.39 is 17.0 Å². The Morgan fingerprint density at radius 3 is 2.44 bits per heavy atom. The first-order valence-corrected chi connectivity index (χ1v) is 10.9. The van der Waals surface area contributed by atoms with E-state index >= 15 is 0 Å². The molecule has 0 bridgehead atoms. The molecule has 1 aliphatic rings. The second-order valence-electron chi connectivity index (χ2n) is 9.85. The van der Waals surface area contributed by atoms with Gasteiger partial charge in [0.1, 0.15) is 22.8 Å². The van der Waals surface area contributed by atoms with E-state index in [1.165, 1.54) is 18.2 Å². The highest BCUT2D eigenvalue weighted by Crippen LogP contribution is 2.49. The van der Waals surface area contributed by atoms with Gasteiger partial charge in [-0.3, -0.25) is 0 Å². The normalized spacial score (nSPS) is 20.8. The maximum atomic E-state index is 14.5. The Kier molecular flexibility index (Phi) is 5.40. The maximum Gasteiger partial charge on any atom is 0.199 e. The molecule has 0 fully saturated rings. The summed E-state index contributed by atoms with van der Waals surface area (Å²) in [5.41, 5.74) is 0.218. The van der Waals surface area contributed by atoms with Gasteiger partial charge in [0.2, 0.25) is 0 Å². The summed E-state index contributed by atoms with van der Waals surface area (Å²) in [6.07, 6.45) is 9.18. The summed E-state index contributed by atoms with van der Waals surface area (Å²) in [7, 11) is 0. The molecular weight excluding hydrogens is 408 g/mol. The van der Waals surface area contributed by atoms with Crippen LogP contribution in [-0.2, 0) is 10.8 Å². The lowest BCUT2D eigenvalue weighted by Crippen LogP contribution is -2.35. The second kappa shape index (κ2) is 7.81. The molecule has 2 atom stereocenters. The molecule has 2 heterocycles. The lowest BCUT2D eigenvalue weighted by atomic mass is 9.66. The summed E-state index contributed by atoms with van der Waals surface area (Å²) in [4.78, 5) is 4.46. The first kappa shape index (κ1) is 22.1. The third-order valence-corrected chi connectivity index (χ3v) is 6.30. The van der Waals surface area contributed by atoms with Crippen LogP contribution < -0.4 is 0 Å². The van der Waals surface area contributed by atoms with Gasteiger partial charge in [-0.05, 0) is 48.4 Å². The van der Waals surface area contributed by atoms with Gasteiger partial charge in [-0.15, -0.1) is 11.5 Å². The van der Waals surface area contributed by atoms with Gasteiger partial charge in [-0.2, -0.15) is 5.10 Å². The Balaban J connectivity index is 1.93. The van der Waals surface area contributed by atoms with Crippen molar-refractivity contribution in [3.05, 3.63) is 65.0 Å². The summed E-state index contributed by atoms with van der Waals surface area (Å²) < 4.78 is 35.1. The number of benzene rings is 1. The van der Waals surface area contributed by atoms with Gasteiger partial charge in [0, 0.05) is 5.41 Å². The van der Waals surface area contributed by atoms with Gasteiger partial charge in [0.15, 0.2) is 5.89 Å². The molecule has 0 radical (unpaired) electrons. The average Bonchev–Trinajstić information content (AvgIpc) is 3.24. The number of fused-ring (bicyclic) bond motifs is 1. The SMILES string of the molecule is C#C[C@]1(c2cnc(C(C)(C)C)o2)CC[C@H](C(C)C)c2cc(-c3c(F)cccc3F)nnc21. The van der Waals surface area contributed by atoms with Crippen LogP contribution in [0.2, 0.25) is 0 Å².